The molecule has 10 heavy (non-hydrogen) atoms. The molecular formula is C10H12. The van der Waals surface area contributed by atoms with E-state index in [1.807, 2.05) is 0 Å². The van der Waals surface area contributed by atoms with Gasteiger partial charge >= 0.3 is 0 Å². The van der Waals surface area contributed by atoms with Crippen molar-refractivity contribution in [3.8, 4) is 0 Å². The zero-order valence-corrected chi connectivity index (χ0v) is 6.57. The summed E-state index contributed by atoms with van der Waals surface area (Å²) in [6, 6.07) is 0. The summed E-state index contributed by atoms with van der Waals surface area (Å²) in [5, 5.41) is 0. The predicted octanol–water partition coefficient (Wildman–Crippen LogP) is 2.98. The molecule has 2 rings (SSSR count). The monoisotopic (exact) mass is 132 g/mol. The van der Waals surface area contributed by atoms with Crippen molar-refractivity contribution in [1.82, 2.24) is 0 Å². The summed E-state index contributed by atoms with van der Waals surface area (Å²) in [4.78, 5) is 0. The van der Waals surface area contributed by atoms with E-state index in [1.54, 1.807) is 5.57 Å². The van der Waals surface area contributed by atoms with Gasteiger partial charge in [0.2, 0.25) is 0 Å². The third-order valence-corrected chi connectivity index (χ3v) is 2.20. The zero-order valence-electron chi connectivity index (χ0n) is 6.57. The maximum atomic E-state index is 2.31. The molecule has 0 saturated heterocycles. The predicted molar refractivity (Wildman–Crippen MR) is 43.8 cm³/mol. The van der Waals surface area contributed by atoms with Gasteiger partial charge in [0.1, 0.15) is 0 Å². The highest BCUT2D eigenvalue weighted by atomic mass is 14.2. The molecule has 0 unspecified atom stereocenters. The third kappa shape index (κ3) is 0.756. The fourth-order valence-electron chi connectivity index (χ4n) is 1.82. The van der Waals surface area contributed by atoms with Gasteiger partial charge in [-0.3, -0.25) is 0 Å². The Kier molecular flexibility index (Phi) is 1.10. The van der Waals surface area contributed by atoms with Crippen LogP contribution in [0.2, 0.25) is 0 Å². The first-order chi connectivity index (χ1) is 4.75. The van der Waals surface area contributed by atoms with Crippen LogP contribution in [0.1, 0.15) is 26.7 Å². The molecule has 0 radical (unpaired) electrons. The fourth-order valence-corrected chi connectivity index (χ4v) is 1.82. The fraction of sp³-hybridized carbons (Fsp3) is 0.400. The molecule has 0 bridgehead atoms. The van der Waals surface area contributed by atoms with Gasteiger partial charge in [-0.25, -0.2) is 0 Å². The molecule has 0 saturated carbocycles. The summed E-state index contributed by atoms with van der Waals surface area (Å²) >= 11 is 0. The van der Waals surface area contributed by atoms with Crippen LogP contribution in [0, 0.1) is 0 Å². The average molecular weight is 132 g/mol. The van der Waals surface area contributed by atoms with Gasteiger partial charge in [-0.1, -0.05) is 28.9 Å². The van der Waals surface area contributed by atoms with Crippen LogP contribution in [-0.2, 0) is 0 Å². The Morgan fingerprint density at radius 1 is 1.00 bits per heavy atom. The lowest BCUT2D eigenvalue weighted by Gasteiger charge is -1.96. The molecule has 0 atom stereocenters. The Bertz CT molecular complexity index is 236. The minimum absolute atomic E-state index is 1.23. The maximum Gasteiger partial charge on any atom is -0.00957 e. The van der Waals surface area contributed by atoms with E-state index in [9.17, 15) is 0 Å². The van der Waals surface area contributed by atoms with Gasteiger partial charge in [-0.2, -0.15) is 0 Å². The topological polar surface area (TPSA) is 0 Å². The molecule has 0 nitrogen and oxygen atoms in total. The highest BCUT2D eigenvalue weighted by Gasteiger charge is 2.16. The molecule has 0 spiro atoms. The van der Waals surface area contributed by atoms with E-state index in [1.165, 1.54) is 29.6 Å². The van der Waals surface area contributed by atoms with Gasteiger partial charge in [-0.05, 0) is 32.3 Å². The van der Waals surface area contributed by atoms with Gasteiger partial charge in [0.15, 0.2) is 0 Å². The van der Waals surface area contributed by atoms with E-state index in [2.05, 4.69) is 26.0 Å². The van der Waals surface area contributed by atoms with Gasteiger partial charge in [0.05, 0.1) is 0 Å². The van der Waals surface area contributed by atoms with E-state index < -0.39 is 0 Å². The molecule has 0 aromatic rings. The van der Waals surface area contributed by atoms with Crippen LogP contribution in [0.4, 0.5) is 0 Å². The van der Waals surface area contributed by atoms with Crippen LogP contribution in [-0.4, -0.2) is 0 Å². The maximum absolute atomic E-state index is 2.31. The largest absolute Gasteiger partial charge is 0.0686 e. The minimum atomic E-state index is 1.23. The van der Waals surface area contributed by atoms with Gasteiger partial charge in [0, 0.05) is 0 Å². The van der Waals surface area contributed by atoms with E-state index in [-0.39, 0.29) is 0 Å². The highest BCUT2D eigenvalue weighted by Crippen LogP contribution is 2.35. The number of allylic oxidation sites excluding steroid dienone is 6. The summed E-state index contributed by atoms with van der Waals surface area (Å²) in [6.45, 7) is 4.42. The van der Waals surface area contributed by atoms with Crippen molar-refractivity contribution < 1.29 is 0 Å². The van der Waals surface area contributed by atoms with E-state index in [0.717, 1.165) is 0 Å². The van der Waals surface area contributed by atoms with E-state index in [0.29, 0.717) is 0 Å². The second kappa shape index (κ2) is 1.85. The number of hydrogen-bond donors (Lipinski definition) is 0. The van der Waals surface area contributed by atoms with Gasteiger partial charge in [-0.15, -0.1) is 0 Å². The van der Waals surface area contributed by atoms with Crippen LogP contribution in [0.3, 0.4) is 0 Å². The SMILES string of the molecule is CC1=CC2=C(C1)CC(C)=C2. The van der Waals surface area contributed by atoms with Crippen molar-refractivity contribution in [3.63, 3.8) is 0 Å². The van der Waals surface area contributed by atoms with Crippen molar-refractivity contribution in [2.24, 2.45) is 0 Å². The second-order valence-corrected chi connectivity index (χ2v) is 3.39. The quantitative estimate of drug-likeness (QED) is 0.475. The molecule has 0 amide bonds. The van der Waals surface area contributed by atoms with Crippen LogP contribution in [0.25, 0.3) is 0 Å². The van der Waals surface area contributed by atoms with Gasteiger partial charge < -0.3 is 0 Å². The standard InChI is InChI=1S/C10H12/c1-7-3-9-5-8(2)6-10(9)4-7/h3,5H,4,6H2,1-2H3. The molecule has 0 aromatic carbocycles. The molecule has 2 aliphatic rings. The molecule has 0 N–H and O–H groups in total. The summed E-state index contributed by atoms with van der Waals surface area (Å²) in [7, 11) is 0. The van der Waals surface area contributed by atoms with Crippen molar-refractivity contribution in [1.29, 1.82) is 0 Å². The van der Waals surface area contributed by atoms with E-state index in [4.69, 9.17) is 0 Å². The first kappa shape index (κ1) is 5.96. The Hall–Kier alpha value is -0.780. The Labute approximate surface area is 61.9 Å². The molecule has 0 heteroatoms. The smallest absolute Gasteiger partial charge is 0.00957 e. The highest BCUT2D eigenvalue weighted by molar-refractivity contribution is 5.51. The molecule has 0 aliphatic heterocycles. The lowest BCUT2D eigenvalue weighted by molar-refractivity contribution is 1.05. The number of rotatable bonds is 0. The van der Waals surface area contributed by atoms with Crippen molar-refractivity contribution in [2.75, 3.05) is 0 Å². The lowest BCUT2D eigenvalue weighted by Crippen LogP contribution is -1.77. The molecule has 0 fully saturated rings. The minimum Gasteiger partial charge on any atom is -0.0686 e. The number of hydrogen-bond acceptors (Lipinski definition) is 0. The first-order valence-electron chi connectivity index (χ1n) is 3.82. The normalized spacial score (nSPS) is 23.0. The molecule has 2 aliphatic carbocycles. The van der Waals surface area contributed by atoms with Crippen molar-refractivity contribution in [2.45, 2.75) is 26.7 Å². The van der Waals surface area contributed by atoms with Crippen molar-refractivity contribution in [3.05, 3.63) is 34.4 Å². The van der Waals surface area contributed by atoms with Crippen LogP contribution >= 0.6 is 0 Å². The summed E-state index contributed by atoms with van der Waals surface area (Å²) in [6.07, 6.45) is 7.07. The molecule has 0 heterocycles. The molecule has 0 aromatic heterocycles. The Morgan fingerprint density at radius 2 is 1.50 bits per heavy atom. The zero-order chi connectivity index (χ0) is 7.14. The van der Waals surface area contributed by atoms with E-state index >= 15 is 0 Å². The van der Waals surface area contributed by atoms with Crippen LogP contribution in [0.5, 0.6) is 0 Å². The molecule has 52 valence electrons. The first-order valence-corrected chi connectivity index (χ1v) is 3.82. The Balaban J connectivity index is 2.33. The summed E-state index contributed by atoms with van der Waals surface area (Å²) in [5.41, 5.74) is 6.17. The Morgan fingerprint density at radius 3 is 1.90 bits per heavy atom. The third-order valence-electron chi connectivity index (χ3n) is 2.20. The summed E-state index contributed by atoms with van der Waals surface area (Å²) in [5.74, 6) is 0. The molecular weight excluding hydrogens is 120 g/mol. The van der Waals surface area contributed by atoms with Crippen LogP contribution < -0.4 is 0 Å². The van der Waals surface area contributed by atoms with Crippen LogP contribution in [0.15, 0.2) is 34.4 Å². The summed E-state index contributed by atoms with van der Waals surface area (Å²) < 4.78 is 0. The second-order valence-electron chi connectivity index (χ2n) is 3.39. The lowest BCUT2D eigenvalue weighted by atomic mass is 10.1. The average Bonchev–Trinajstić information content (AvgIpc) is 2.21. The van der Waals surface area contributed by atoms with Crippen molar-refractivity contribution >= 4 is 0 Å². The van der Waals surface area contributed by atoms with Gasteiger partial charge in [0.25, 0.3) is 0 Å².